The van der Waals surface area contributed by atoms with E-state index in [0.717, 1.165) is 24.9 Å². The lowest BCUT2D eigenvalue weighted by molar-refractivity contribution is -0.138. The summed E-state index contributed by atoms with van der Waals surface area (Å²) in [6, 6.07) is 6.28. The van der Waals surface area contributed by atoms with Crippen LogP contribution in [0.5, 0.6) is 0 Å². The fourth-order valence-corrected chi connectivity index (χ4v) is 6.96. The number of nitrogens with one attached hydrogen (secondary N) is 1. The van der Waals surface area contributed by atoms with Crippen LogP contribution in [0.1, 0.15) is 53.6 Å². The largest absolute Gasteiger partial charge is 0.325 e. The van der Waals surface area contributed by atoms with Crippen LogP contribution < -0.4 is 5.32 Å². The maximum Gasteiger partial charge on any atom is 0.248 e. The van der Waals surface area contributed by atoms with E-state index in [0.29, 0.717) is 50.3 Å². The first kappa shape index (κ1) is 31.9. The third-order valence-electron chi connectivity index (χ3n) is 9.17. The Labute approximate surface area is 274 Å². The molecule has 0 bridgehead atoms. The number of fused-ring (bicyclic) bond motifs is 2. The Kier molecular flexibility index (Phi) is 8.49. The molecule has 2 aliphatic rings. The van der Waals surface area contributed by atoms with Gasteiger partial charge in [0.1, 0.15) is 41.2 Å². The van der Waals surface area contributed by atoms with Crippen molar-refractivity contribution in [2.75, 3.05) is 26.0 Å². The molecule has 11 nitrogen and oxygen atoms in total. The molecule has 2 fully saturated rings. The van der Waals surface area contributed by atoms with Crippen LogP contribution in [0, 0.1) is 19.3 Å². The number of hydrogen-bond donors (Lipinski definition) is 1. The third kappa shape index (κ3) is 5.93. The predicted octanol–water partition coefficient (Wildman–Crippen LogP) is 4.89. The fourth-order valence-electron chi connectivity index (χ4n) is 6.65. The summed E-state index contributed by atoms with van der Waals surface area (Å²) < 4.78 is 16.6. The molecule has 3 aromatic heterocycles. The molecule has 2 amide bonds. The number of Topliss-reactive ketones (excluding diaryl/α,β-unsaturated/α-hetero) is 1. The van der Waals surface area contributed by atoms with Crippen molar-refractivity contribution in [2.45, 2.75) is 65.3 Å². The summed E-state index contributed by atoms with van der Waals surface area (Å²) in [5.41, 5.74) is 2.77. The van der Waals surface area contributed by atoms with Gasteiger partial charge in [-0.1, -0.05) is 6.07 Å². The minimum Gasteiger partial charge on any atom is -0.325 e. The molecule has 0 unspecified atom stereocenters. The summed E-state index contributed by atoms with van der Waals surface area (Å²) in [7, 11) is 4.01. The van der Waals surface area contributed by atoms with E-state index in [2.05, 4.69) is 46.2 Å². The average Bonchev–Trinajstić information content (AvgIpc) is 3.43. The molecule has 1 aliphatic carbocycles. The smallest absolute Gasteiger partial charge is 0.248 e. The van der Waals surface area contributed by atoms with Gasteiger partial charge in [-0.3, -0.25) is 19.1 Å². The van der Waals surface area contributed by atoms with Crippen molar-refractivity contribution in [3.8, 4) is 11.1 Å². The van der Waals surface area contributed by atoms with E-state index >= 15 is 0 Å². The maximum absolute atomic E-state index is 14.6. The van der Waals surface area contributed by atoms with Gasteiger partial charge in [0.15, 0.2) is 5.78 Å². The van der Waals surface area contributed by atoms with Crippen molar-refractivity contribution in [1.82, 2.24) is 34.5 Å². The number of nitrogens with zero attached hydrogens (tertiary/aromatic N) is 7. The highest BCUT2D eigenvalue weighted by Crippen LogP contribution is 2.62. The van der Waals surface area contributed by atoms with Gasteiger partial charge >= 0.3 is 0 Å². The molecule has 240 valence electrons. The quantitative estimate of drug-likeness (QED) is 0.184. The molecule has 1 aliphatic heterocycles. The van der Waals surface area contributed by atoms with Crippen LogP contribution >= 0.6 is 15.9 Å². The lowest BCUT2D eigenvalue weighted by Crippen LogP contribution is -2.47. The molecule has 4 heterocycles. The van der Waals surface area contributed by atoms with E-state index < -0.39 is 12.7 Å². The highest BCUT2D eigenvalue weighted by Gasteiger charge is 2.66. The summed E-state index contributed by atoms with van der Waals surface area (Å²) in [4.78, 5) is 57.5. The van der Waals surface area contributed by atoms with E-state index in [9.17, 15) is 18.8 Å². The van der Waals surface area contributed by atoms with Gasteiger partial charge in [-0.25, -0.2) is 19.3 Å². The minimum atomic E-state index is -0.835. The first-order chi connectivity index (χ1) is 21.9. The van der Waals surface area contributed by atoms with Crippen molar-refractivity contribution in [3.05, 3.63) is 63.9 Å². The zero-order valence-electron chi connectivity index (χ0n) is 26.5. The molecule has 46 heavy (non-hydrogen) atoms. The summed E-state index contributed by atoms with van der Waals surface area (Å²) in [6.07, 6.45) is 5.49. The Morgan fingerprint density at radius 1 is 1.11 bits per heavy atom. The zero-order chi connectivity index (χ0) is 32.9. The molecule has 1 N–H and O–H groups in total. The number of hydrogen-bond acceptors (Lipinski definition) is 8. The number of aryl methyl sites for hydroxylation is 2. The molecule has 1 saturated heterocycles. The van der Waals surface area contributed by atoms with Gasteiger partial charge in [0.25, 0.3) is 0 Å². The van der Waals surface area contributed by atoms with Gasteiger partial charge in [-0.2, -0.15) is 5.10 Å². The van der Waals surface area contributed by atoms with Crippen molar-refractivity contribution in [3.63, 3.8) is 0 Å². The van der Waals surface area contributed by atoms with Crippen molar-refractivity contribution >= 4 is 50.2 Å². The number of amides is 2. The van der Waals surface area contributed by atoms with Crippen molar-refractivity contribution in [2.24, 2.45) is 5.41 Å². The molecular formula is C33H36BrFN8O3. The number of carbonyl (C=O) groups is 3. The second-order valence-corrected chi connectivity index (χ2v) is 13.5. The highest BCUT2D eigenvalue weighted by atomic mass is 79.9. The van der Waals surface area contributed by atoms with E-state index in [1.54, 1.807) is 42.4 Å². The maximum atomic E-state index is 14.6. The van der Waals surface area contributed by atoms with Gasteiger partial charge in [0.2, 0.25) is 11.8 Å². The van der Waals surface area contributed by atoms with Crippen LogP contribution in [-0.4, -0.2) is 84.9 Å². The first-order valence-electron chi connectivity index (χ1n) is 15.2. The normalized spacial score (nSPS) is 20.3. The van der Waals surface area contributed by atoms with Gasteiger partial charge in [-0.15, -0.1) is 0 Å². The Morgan fingerprint density at radius 2 is 1.85 bits per heavy atom. The molecular weight excluding hydrogens is 655 g/mol. The Balaban J connectivity index is 1.35. The van der Waals surface area contributed by atoms with Crippen molar-refractivity contribution in [1.29, 1.82) is 0 Å². The van der Waals surface area contributed by atoms with Gasteiger partial charge < -0.3 is 15.1 Å². The van der Waals surface area contributed by atoms with Crippen LogP contribution in [0.25, 0.3) is 22.0 Å². The van der Waals surface area contributed by atoms with Crippen molar-refractivity contribution < 1.29 is 18.8 Å². The van der Waals surface area contributed by atoms with Crippen LogP contribution in [-0.2, 0) is 22.8 Å². The molecule has 4 aromatic rings. The number of piperidine rings is 1. The Morgan fingerprint density at radius 3 is 2.52 bits per heavy atom. The van der Waals surface area contributed by atoms with Gasteiger partial charge in [0.05, 0.1) is 5.52 Å². The van der Waals surface area contributed by atoms with E-state index in [1.807, 2.05) is 27.1 Å². The number of benzene rings is 1. The first-order valence-corrected chi connectivity index (χ1v) is 16.0. The lowest BCUT2D eigenvalue weighted by Gasteiger charge is -2.27. The summed E-state index contributed by atoms with van der Waals surface area (Å²) in [5, 5.41) is 7.93. The van der Waals surface area contributed by atoms with Crippen LogP contribution in [0.15, 0.2) is 41.3 Å². The zero-order valence-corrected chi connectivity index (χ0v) is 28.1. The summed E-state index contributed by atoms with van der Waals surface area (Å²) in [6.45, 7) is 4.78. The Bertz CT molecular complexity index is 1860. The number of likely N-dealkylation sites (tertiary alicyclic amines) is 1. The summed E-state index contributed by atoms with van der Waals surface area (Å²) >= 11 is 3.37. The monoisotopic (exact) mass is 690 g/mol. The Hall–Kier alpha value is -4.10. The predicted molar refractivity (Wildman–Crippen MR) is 175 cm³/mol. The lowest BCUT2D eigenvalue weighted by atomic mass is 9.95. The van der Waals surface area contributed by atoms with Crippen LogP contribution in [0.2, 0.25) is 0 Å². The molecule has 0 radical (unpaired) electrons. The molecule has 0 spiro atoms. The van der Waals surface area contributed by atoms with Crippen LogP contribution in [0.4, 0.5) is 10.2 Å². The van der Waals surface area contributed by atoms with Gasteiger partial charge in [-0.05, 0) is 104 Å². The highest BCUT2D eigenvalue weighted by molar-refractivity contribution is 9.10. The fraction of sp³-hybridized carbons (Fsp3) is 0.424. The number of pyridine rings is 1. The minimum absolute atomic E-state index is 0.102. The second kappa shape index (κ2) is 12.3. The average molecular weight is 692 g/mol. The number of alkyl halides is 1. The van der Waals surface area contributed by atoms with Gasteiger partial charge in [0, 0.05) is 41.9 Å². The topological polar surface area (TPSA) is 126 Å². The molecule has 3 atom stereocenters. The third-order valence-corrected chi connectivity index (χ3v) is 9.61. The SMILES string of the molecule is CC(=O)c1nn(CC(=O)N2[C@H](C(=O)Nc3nc(Br)ccc3C)C[C@@]3(CCN(C)C)C[C@@H]23)c2c(CF)cc(-c3cnc(C)nc3)cc12. The van der Waals surface area contributed by atoms with E-state index in [1.165, 1.54) is 11.6 Å². The van der Waals surface area contributed by atoms with E-state index in [4.69, 9.17) is 0 Å². The number of rotatable bonds is 10. The number of carbonyl (C=O) groups excluding carboxylic acids is 3. The second-order valence-electron chi connectivity index (χ2n) is 12.7. The molecule has 1 saturated carbocycles. The molecule has 13 heteroatoms. The number of aromatic nitrogens is 5. The standard InChI is InChI=1S/C33H36BrFN8O3/c1-18-6-7-27(34)38-31(18)39-32(46)25-12-33(8-9-41(4)5)13-26(33)43(25)28(45)17-42-30-22(14-35)10-21(23-15-36-20(3)37-16-23)11-24(30)29(40-42)19(2)44/h6-7,10-11,15-16,25-26H,8-9,12-14,17H2,1-5H3,(H,38,39,46)/t25-,26+,33-/m0/s1. The number of anilines is 1. The summed E-state index contributed by atoms with van der Waals surface area (Å²) in [5.74, 6) is 0.112. The number of ketones is 1. The van der Waals surface area contributed by atoms with E-state index in [-0.39, 0.29) is 41.3 Å². The number of halogens is 2. The molecule has 6 rings (SSSR count). The molecule has 1 aromatic carbocycles. The van der Waals surface area contributed by atoms with Crippen LogP contribution in [0.3, 0.4) is 0 Å².